The lowest BCUT2D eigenvalue weighted by Gasteiger charge is -2.00. The fraction of sp³-hybridized carbons (Fsp3) is 0.222. The van der Waals surface area contributed by atoms with Crippen LogP contribution in [-0.4, -0.2) is 4.57 Å². The van der Waals surface area contributed by atoms with Crippen molar-refractivity contribution in [3.63, 3.8) is 0 Å². The molecular weight excluding hydrogens is 230 g/mol. The van der Waals surface area contributed by atoms with Gasteiger partial charge in [-0.2, -0.15) is 0 Å². The molecule has 0 aliphatic rings. The second kappa shape index (κ2) is 5.31. The molecule has 3 rings (SSSR count). The number of para-hydroxylation sites is 2. The minimum absolute atomic E-state index is 1.15. The molecule has 1 heteroatoms. The van der Waals surface area contributed by atoms with E-state index in [4.69, 9.17) is 0 Å². The van der Waals surface area contributed by atoms with E-state index in [9.17, 15) is 0 Å². The summed E-state index contributed by atoms with van der Waals surface area (Å²) in [4.78, 5) is 0. The number of hydrogen-bond donors (Lipinski definition) is 0. The predicted octanol–water partition coefficient (Wildman–Crippen LogP) is 5.46. The van der Waals surface area contributed by atoms with Gasteiger partial charge in [-0.1, -0.05) is 62.2 Å². The van der Waals surface area contributed by atoms with Crippen molar-refractivity contribution >= 4 is 28.0 Å². The minimum Gasteiger partial charge on any atom is -0.316 e. The van der Waals surface area contributed by atoms with E-state index >= 15 is 0 Å². The first kappa shape index (κ1) is 12.0. The van der Waals surface area contributed by atoms with Gasteiger partial charge in [-0.25, -0.2) is 0 Å². The maximum atomic E-state index is 2.31. The van der Waals surface area contributed by atoms with Gasteiger partial charge in [-0.05, 0) is 18.6 Å². The van der Waals surface area contributed by atoms with Crippen LogP contribution in [0, 0.1) is 0 Å². The number of unbranched alkanes of at least 4 members (excludes halogenated alkanes) is 2. The van der Waals surface area contributed by atoms with E-state index in [1.54, 1.807) is 0 Å². The summed E-state index contributed by atoms with van der Waals surface area (Å²) in [5.74, 6) is 0. The molecule has 0 unspecified atom stereocenters. The van der Waals surface area contributed by atoms with E-state index in [0.717, 1.165) is 6.42 Å². The highest BCUT2D eigenvalue weighted by molar-refractivity contribution is 6.09. The Morgan fingerprint density at radius 3 is 2.05 bits per heavy atom. The molecule has 0 fully saturated rings. The van der Waals surface area contributed by atoms with Gasteiger partial charge in [0.1, 0.15) is 0 Å². The van der Waals surface area contributed by atoms with Gasteiger partial charge in [0.15, 0.2) is 0 Å². The summed E-state index contributed by atoms with van der Waals surface area (Å²) >= 11 is 0. The Morgan fingerprint density at radius 2 is 1.47 bits per heavy atom. The van der Waals surface area contributed by atoms with Crippen molar-refractivity contribution in [1.82, 2.24) is 4.57 Å². The maximum Gasteiger partial charge on any atom is 0.0534 e. The van der Waals surface area contributed by atoms with Crippen LogP contribution in [0.15, 0.2) is 54.6 Å². The lowest BCUT2D eigenvalue weighted by molar-refractivity contribution is 0.815. The zero-order valence-corrected chi connectivity index (χ0v) is 11.3. The molecule has 2 aromatic carbocycles. The topological polar surface area (TPSA) is 4.93 Å². The van der Waals surface area contributed by atoms with Crippen LogP contribution in [0.2, 0.25) is 0 Å². The van der Waals surface area contributed by atoms with Crippen molar-refractivity contribution in [1.29, 1.82) is 0 Å². The summed E-state index contributed by atoms with van der Waals surface area (Å²) in [6.07, 6.45) is 8.16. The number of benzene rings is 2. The van der Waals surface area contributed by atoms with Crippen LogP contribution in [0.3, 0.4) is 0 Å². The van der Waals surface area contributed by atoms with Crippen LogP contribution in [-0.2, 0) is 0 Å². The van der Waals surface area contributed by atoms with E-state index < -0.39 is 0 Å². The molecule has 1 heterocycles. The van der Waals surface area contributed by atoms with Crippen LogP contribution in [0.5, 0.6) is 0 Å². The fourth-order valence-corrected chi connectivity index (χ4v) is 2.62. The molecule has 3 aromatic rings. The Morgan fingerprint density at radius 1 is 0.895 bits per heavy atom. The van der Waals surface area contributed by atoms with Crippen LogP contribution >= 0.6 is 0 Å². The third-order valence-electron chi connectivity index (χ3n) is 3.60. The number of aromatic nitrogens is 1. The Kier molecular flexibility index (Phi) is 3.37. The van der Waals surface area contributed by atoms with Crippen LogP contribution in [0.1, 0.15) is 26.2 Å². The molecule has 0 bridgehead atoms. The zero-order valence-electron chi connectivity index (χ0n) is 11.3. The fourth-order valence-electron chi connectivity index (χ4n) is 2.62. The van der Waals surface area contributed by atoms with Crippen molar-refractivity contribution in [2.24, 2.45) is 0 Å². The molecule has 19 heavy (non-hydrogen) atoms. The molecule has 0 aliphatic heterocycles. The van der Waals surface area contributed by atoms with Crippen molar-refractivity contribution in [2.75, 3.05) is 0 Å². The van der Waals surface area contributed by atoms with Gasteiger partial charge < -0.3 is 4.57 Å². The third kappa shape index (κ3) is 2.17. The van der Waals surface area contributed by atoms with Crippen LogP contribution in [0.4, 0.5) is 0 Å². The SMILES string of the molecule is CCCCC=Cn1c2ccccc2c2ccccc21. The Bertz CT molecular complexity index is 665. The average molecular weight is 249 g/mol. The molecule has 0 aliphatic carbocycles. The molecule has 0 radical (unpaired) electrons. The summed E-state index contributed by atoms with van der Waals surface area (Å²) in [5, 5.41) is 2.66. The maximum absolute atomic E-state index is 2.31. The van der Waals surface area contributed by atoms with Crippen molar-refractivity contribution in [3.8, 4) is 0 Å². The number of allylic oxidation sites excluding steroid dienone is 1. The highest BCUT2D eigenvalue weighted by Crippen LogP contribution is 2.28. The highest BCUT2D eigenvalue weighted by Gasteiger charge is 2.06. The summed E-state index contributed by atoms with van der Waals surface area (Å²) in [7, 11) is 0. The van der Waals surface area contributed by atoms with E-state index in [2.05, 4.69) is 72.3 Å². The van der Waals surface area contributed by atoms with E-state index in [1.807, 2.05) is 0 Å². The van der Waals surface area contributed by atoms with Gasteiger partial charge in [0, 0.05) is 17.0 Å². The van der Waals surface area contributed by atoms with Gasteiger partial charge in [0.05, 0.1) is 11.0 Å². The van der Waals surface area contributed by atoms with Gasteiger partial charge in [-0.15, -0.1) is 0 Å². The summed E-state index contributed by atoms with van der Waals surface area (Å²) in [6.45, 7) is 2.23. The van der Waals surface area contributed by atoms with Crippen LogP contribution < -0.4 is 0 Å². The number of nitrogens with zero attached hydrogens (tertiary/aromatic N) is 1. The number of hydrogen-bond acceptors (Lipinski definition) is 0. The van der Waals surface area contributed by atoms with Crippen molar-refractivity contribution < 1.29 is 0 Å². The summed E-state index contributed by atoms with van der Waals surface area (Å²) < 4.78 is 2.31. The molecule has 0 saturated heterocycles. The van der Waals surface area contributed by atoms with Gasteiger partial charge in [0.25, 0.3) is 0 Å². The van der Waals surface area contributed by atoms with Gasteiger partial charge >= 0.3 is 0 Å². The molecule has 1 aromatic heterocycles. The normalized spacial score (nSPS) is 11.8. The van der Waals surface area contributed by atoms with Gasteiger partial charge in [0.2, 0.25) is 0 Å². The van der Waals surface area contributed by atoms with E-state index in [1.165, 1.54) is 34.6 Å². The highest BCUT2D eigenvalue weighted by atomic mass is 14.9. The molecular formula is C18H19N. The standard InChI is InChI=1S/C18H19N/c1-2-3-4-9-14-19-17-12-7-5-10-15(17)16-11-6-8-13-18(16)19/h5-14H,2-4H2,1H3. The lowest BCUT2D eigenvalue weighted by atomic mass is 10.2. The van der Waals surface area contributed by atoms with Gasteiger partial charge in [-0.3, -0.25) is 0 Å². The molecule has 0 N–H and O–H groups in total. The lowest BCUT2D eigenvalue weighted by Crippen LogP contribution is -1.85. The summed E-state index contributed by atoms with van der Waals surface area (Å²) in [6, 6.07) is 17.2. The van der Waals surface area contributed by atoms with E-state index in [0.29, 0.717) is 0 Å². The molecule has 0 amide bonds. The Hall–Kier alpha value is -2.02. The van der Waals surface area contributed by atoms with Crippen molar-refractivity contribution in [2.45, 2.75) is 26.2 Å². The first-order valence-electron chi connectivity index (χ1n) is 7.06. The Labute approximate surface area is 114 Å². The number of rotatable bonds is 4. The zero-order chi connectivity index (χ0) is 13.1. The second-order valence-corrected chi connectivity index (χ2v) is 4.93. The number of fused-ring (bicyclic) bond motifs is 3. The predicted molar refractivity (Wildman–Crippen MR) is 84.3 cm³/mol. The summed E-state index contributed by atoms with van der Waals surface area (Å²) in [5.41, 5.74) is 2.58. The van der Waals surface area contributed by atoms with Crippen LogP contribution in [0.25, 0.3) is 28.0 Å². The second-order valence-electron chi connectivity index (χ2n) is 4.93. The molecule has 0 atom stereocenters. The molecule has 96 valence electrons. The quantitative estimate of drug-likeness (QED) is 0.541. The Balaban J connectivity index is 2.16. The molecule has 0 saturated carbocycles. The molecule has 1 nitrogen and oxygen atoms in total. The first-order chi connectivity index (χ1) is 9.42. The van der Waals surface area contributed by atoms with Crippen molar-refractivity contribution in [3.05, 3.63) is 54.6 Å². The monoisotopic (exact) mass is 249 g/mol. The average Bonchev–Trinajstić information content (AvgIpc) is 2.78. The minimum atomic E-state index is 1.15. The molecule has 0 spiro atoms. The largest absolute Gasteiger partial charge is 0.316 e. The first-order valence-corrected chi connectivity index (χ1v) is 7.06. The van der Waals surface area contributed by atoms with E-state index in [-0.39, 0.29) is 0 Å². The third-order valence-corrected chi connectivity index (χ3v) is 3.60. The smallest absolute Gasteiger partial charge is 0.0534 e.